The standard InChI is InChI=1S/C43H42N2/c1-7-11-12-14-24-35(21-8-2)38(23-10-4)40-28-18-17-27-39(40)37(22-9-3)33(5)30-31-34(6)42-43(36-25-15-13-16-26-36)45-32-20-19-29-41(45)44-42/h7-32,41-44H,1-6H2. The average Bonchev–Trinajstić information content (AvgIpc) is 3.47. The van der Waals surface area contributed by atoms with E-state index in [1.807, 2.05) is 54.7 Å². The fraction of sp³-hybridized carbons (Fsp3) is 0.0698. The molecule has 2 aliphatic rings. The van der Waals surface area contributed by atoms with Crippen LogP contribution in [0.15, 0.2) is 214 Å². The summed E-state index contributed by atoms with van der Waals surface area (Å²) >= 11 is 0. The van der Waals surface area contributed by atoms with E-state index in [4.69, 9.17) is 0 Å². The molecule has 0 aromatic heterocycles. The van der Waals surface area contributed by atoms with Crippen molar-refractivity contribution in [3.63, 3.8) is 0 Å². The first-order valence-electron chi connectivity index (χ1n) is 15.1. The number of fused-ring (bicyclic) bond motifs is 1. The molecular formula is C43H42N2. The van der Waals surface area contributed by atoms with E-state index in [0.717, 1.165) is 39.0 Å². The van der Waals surface area contributed by atoms with Crippen LogP contribution >= 0.6 is 0 Å². The van der Waals surface area contributed by atoms with Gasteiger partial charge in [0.25, 0.3) is 0 Å². The summed E-state index contributed by atoms with van der Waals surface area (Å²) in [6, 6.07) is 19.0. The first-order valence-corrected chi connectivity index (χ1v) is 15.1. The summed E-state index contributed by atoms with van der Waals surface area (Å²) in [4.78, 5) is 2.36. The smallest absolute Gasteiger partial charge is 0.0997 e. The van der Waals surface area contributed by atoms with Gasteiger partial charge in [-0.3, -0.25) is 5.32 Å². The van der Waals surface area contributed by atoms with Crippen LogP contribution in [0, 0.1) is 0 Å². The summed E-state index contributed by atoms with van der Waals surface area (Å²) in [5, 5.41) is 3.77. The van der Waals surface area contributed by atoms with Crippen LogP contribution in [-0.4, -0.2) is 17.1 Å². The molecule has 1 saturated heterocycles. The average molecular weight is 587 g/mol. The van der Waals surface area contributed by atoms with Gasteiger partial charge in [-0.2, -0.15) is 0 Å². The van der Waals surface area contributed by atoms with Crippen LogP contribution in [0.4, 0.5) is 0 Å². The second kappa shape index (κ2) is 16.4. The van der Waals surface area contributed by atoms with E-state index in [0.29, 0.717) is 0 Å². The van der Waals surface area contributed by atoms with Gasteiger partial charge < -0.3 is 4.90 Å². The summed E-state index contributed by atoms with van der Waals surface area (Å²) in [6.07, 6.45) is 33.8. The Bertz CT molecular complexity index is 1680. The Kier molecular flexibility index (Phi) is 11.8. The van der Waals surface area contributed by atoms with E-state index < -0.39 is 0 Å². The summed E-state index contributed by atoms with van der Waals surface area (Å²) in [7, 11) is 0. The van der Waals surface area contributed by atoms with Crippen molar-refractivity contribution in [2.75, 3.05) is 0 Å². The molecule has 2 heterocycles. The van der Waals surface area contributed by atoms with Crippen LogP contribution in [0.25, 0.3) is 11.1 Å². The van der Waals surface area contributed by atoms with E-state index in [2.05, 4.69) is 135 Å². The SMILES string of the molecule is C=CC=CC=CC(=CC=C)C(=CC=C)c1ccccc1C(=CC=C)C(=C)C=CC(=C)C1NC2C=CC=CN2C1c1ccccc1. The molecule has 0 radical (unpaired) electrons. The molecular weight excluding hydrogens is 544 g/mol. The topological polar surface area (TPSA) is 15.3 Å². The molecule has 0 saturated carbocycles. The van der Waals surface area contributed by atoms with Crippen molar-refractivity contribution < 1.29 is 0 Å². The molecule has 3 atom stereocenters. The fourth-order valence-electron chi connectivity index (χ4n) is 5.65. The lowest BCUT2D eigenvalue weighted by atomic mass is 9.86. The molecule has 2 aromatic carbocycles. The minimum absolute atomic E-state index is 0.0172. The van der Waals surface area contributed by atoms with Crippen molar-refractivity contribution in [2.24, 2.45) is 0 Å². The minimum Gasteiger partial charge on any atom is -0.350 e. The largest absolute Gasteiger partial charge is 0.350 e. The van der Waals surface area contributed by atoms with Crippen LogP contribution in [-0.2, 0) is 0 Å². The number of rotatable bonds is 14. The first kappa shape index (κ1) is 32.5. The highest BCUT2D eigenvalue weighted by atomic mass is 15.4. The van der Waals surface area contributed by atoms with Crippen molar-refractivity contribution >= 4 is 11.1 Å². The van der Waals surface area contributed by atoms with Crippen molar-refractivity contribution in [2.45, 2.75) is 18.2 Å². The zero-order valence-corrected chi connectivity index (χ0v) is 25.9. The van der Waals surface area contributed by atoms with E-state index in [1.165, 1.54) is 5.56 Å². The minimum atomic E-state index is 0.0172. The molecule has 2 aromatic rings. The Hall–Kier alpha value is -5.44. The monoisotopic (exact) mass is 586 g/mol. The van der Waals surface area contributed by atoms with Crippen molar-refractivity contribution in [1.29, 1.82) is 0 Å². The molecule has 2 heteroatoms. The third-order valence-corrected chi connectivity index (χ3v) is 7.68. The normalized spacial score (nSPS) is 20.1. The van der Waals surface area contributed by atoms with Crippen LogP contribution in [0.2, 0.25) is 0 Å². The number of allylic oxidation sites excluding steroid dienone is 18. The van der Waals surface area contributed by atoms with Gasteiger partial charge >= 0.3 is 0 Å². The predicted molar refractivity (Wildman–Crippen MR) is 197 cm³/mol. The maximum absolute atomic E-state index is 4.51. The van der Waals surface area contributed by atoms with Crippen LogP contribution in [0.3, 0.4) is 0 Å². The third-order valence-electron chi connectivity index (χ3n) is 7.68. The molecule has 2 aliphatic heterocycles. The van der Waals surface area contributed by atoms with E-state index in [9.17, 15) is 0 Å². The van der Waals surface area contributed by atoms with Crippen LogP contribution in [0.1, 0.15) is 22.7 Å². The maximum Gasteiger partial charge on any atom is 0.0997 e. The van der Waals surface area contributed by atoms with E-state index >= 15 is 0 Å². The second-order valence-electron chi connectivity index (χ2n) is 10.6. The lowest BCUT2D eigenvalue weighted by molar-refractivity contribution is 0.303. The maximum atomic E-state index is 4.51. The van der Waals surface area contributed by atoms with Gasteiger partial charge in [0, 0.05) is 6.20 Å². The number of nitrogens with one attached hydrogen (secondary N) is 1. The molecule has 45 heavy (non-hydrogen) atoms. The Balaban J connectivity index is 1.67. The van der Waals surface area contributed by atoms with E-state index in [-0.39, 0.29) is 18.2 Å². The lowest BCUT2D eigenvalue weighted by Gasteiger charge is -2.29. The highest BCUT2D eigenvalue weighted by Gasteiger charge is 2.40. The zero-order chi connectivity index (χ0) is 32.0. The number of hydrogen-bond donors (Lipinski definition) is 1. The third kappa shape index (κ3) is 7.94. The Morgan fingerprint density at radius 1 is 0.667 bits per heavy atom. The van der Waals surface area contributed by atoms with Crippen molar-refractivity contribution in [3.05, 3.63) is 231 Å². The predicted octanol–water partition coefficient (Wildman–Crippen LogP) is 10.3. The number of nitrogens with zero attached hydrogens (tertiary/aromatic N) is 1. The quantitative estimate of drug-likeness (QED) is 0.222. The highest BCUT2D eigenvalue weighted by molar-refractivity contribution is 5.93. The van der Waals surface area contributed by atoms with Gasteiger partial charge in [-0.05, 0) is 56.7 Å². The van der Waals surface area contributed by atoms with Crippen LogP contribution < -0.4 is 5.32 Å². The van der Waals surface area contributed by atoms with Gasteiger partial charge in [0.05, 0.1) is 18.2 Å². The molecule has 1 N–H and O–H groups in total. The Morgan fingerprint density at radius 3 is 2.02 bits per heavy atom. The van der Waals surface area contributed by atoms with Gasteiger partial charge in [-0.1, -0.05) is 179 Å². The molecule has 3 unspecified atom stereocenters. The first-order chi connectivity index (χ1) is 22.0. The lowest BCUT2D eigenvalue weighted by Crippen LogP contribution is -2.33. The summed E-state index contributed by atoms with van der Waals surface area (Å²) in [5.74, 6) is 0. The summed E-state index contributed by atoms with van der Waals surface area (Å²) < 4.78 is 0. The van der Waals surface area contributed by atoms with Gasteiger partial charge in [-0.15, -0.1) is 0 Å². The van der Waals surface area contributed by atoms with Gasteiger partial charge in [0.2, 0.25) is 0 Å². The number of benzene rings is 2. The van der Waals surface area contributed by atoms with E-state index in [1.54, 1.807) is 18.2 Å². The van der Waals surface area contributed by atoms with Crippen LogP contribution in [0.5, 0.6) is 0 Å². The second-order valence-corrected chi connectivity index (χ2v) is 10.6. The van der Waals surface area contributed by atoms with Crippen molar-refractivity contribution in [1.82, 2.24) is 10.2 Å². The Labute approximate surface area is 269 Å². The van der Waals surface area contributed by atoms with Crippen molar-refractivity contribution in [3.8, 4) is 0 Å². The van der Waals surface area contributed by atoms with Gasteiger partial charge in [0.15, 0.2) is 0 Å². The molecule has 0 bridgehead atoms. The summed E-state index contributed by atoms with van der Waals surface area (Å²) in [5.41, 5.74) is 8.13. The molecule has 0 amide bonds. The van der Waals surface area contributed by atoms with Gasteiger partial charge in [0.1, 0.15) is 0 Å². The number of hydrogen-bond acceptors (Lipinski definition) is 2. The molecule has 224 valence electrons. The highest BCUT2D eigenvalue weighted by Crippen LogP contribution is 2.38. The summed E-state index contributed by atoms with van der Waals surface area (Å²) in [6.45, 7) is 24.7. The van der Waals surface area contributed by atoms with Gasteiger partial charge in [-0.25, -0.2) is 0 Å². The molecule has 4 rings (SSSR count). The fourth-order valence-corrected chi connectivity index (χ4v) is 5.65. The molecule has 2 nitrogen and oxygen atoms in total. The molecule has 1 fully saturated rings. The Morgan fingerprint density at radius 2 is 1.33 bits per heavy atom. The zero-order valence-electron chi connectivity index (χ0n) is 25.9. The molecule has 0 spiro atoms. The molecule has 0 aliphatic carbocycles.